The zero-order chi connectivity index (χ0) is 12.3. The van der Waals surface area contributed by atoms with Gasteiger partial charge in [-0.2, -0.15) is 0 Å². The van der Waals surface area contributed by atoms with Crippen molar-refractivity contribution in [3.63, 3.8) is 0 Å². The maximum absolute atomic E-state index is 11.6. The topological polar surface area (TPSA) is 44.9 Å². The van der Waals surface area contributed by atoms with Gasteiger partial charge in [0, 0.05) is 29.6 Å². The minimum Gasteiger partial charge on any atom is -0.388 e. The van der Waals surface area contributed by atoms with Gasteiger partial charge in [-0.25, -0.2) is 0 Å². The molecule has 0 atom stereocenters. The van der Waals surface area contributed by atoms with Crippen molar-refractivity contribution in [2.75, 3.05) is 12.4 Å². The molecule has 1 heterocycles. The molecule has 0 amide bonds. The van der Waals surface area contributed by atoms with Crippen LogP contribution >= 0.6 is 11.6 Å². The van der Waals surface area contributed by atoms with E-state index in [4.69, 9.17) is 11.6 Å². The molecule has 0 fully saturated rings. The molecule has 2 N–H and O–H groups in total. The first kappa shape index (κ1) is 11.7. The highest BCUT2D eigenvalue weighted by molar-refractivity contribution is 6.17. The average Bonchev–Trinajstić information content (AvgIpc) is 2.38. The van der Waals surface area contributed by atoms with Gasteiger partial charge in [-0.15, -0.1) is 11.6 Å². The van der Waals surface area contributed by atoms with E-state index in [0.717, 1.165) is 16.9 Å². The van der Waals surface area contributed by atoms with E-state index < -0.39 is 0 Å². The number of halogens is 1. The van der Waals surface area contributed by atoms with Gasteiger partial charge in [0.25, 0.3) is 5.56 Å². The van der Waals surface area contributed by atoms with E-state index >= 15 is 0 Å². The lowest BCUT2D eigenvalue weighted by Gasteiger charge is -2.05. The van der Waals surface area contributed by atoms with Crippen molar-refractivity contribution in [3.05, 3.63) is 52.3 Å². The highest BCUT2D eigenvalue weighted by Gasteiger charge is 2.02. The molecule has 0 unspecified atom stereocenters. The standard InChI is InChI=1S/C13H13ClN2O/c1-15-11-4-2-3-9(7-11)12-6-5-10(8-14)13(17)16-12/h2-7,15H,8H2,1H3,(H,16,17). The van der Waals surface area contributed by atoms with Crippen LogP contribution in [0.5, 0.6) is 0 Å². The molecule has 0 spiro atoms. The van der Waals surface area contributed by atoms with Gasteiger partial charge >= 0.3 is 0 Å². The maximum Gasteiger partial charge on any atom is 0.252 e. The Bertz CT molecular complexity index is 578. The van der Waals surface area contributed by atoms with Crippen LogP contribution in [0.3, 0.4) is 0 Å². The minimum absolute atomic E-state index is 0.132. The molecule has 88 valence electrons. The van der Waals surface area contributed by atoms with Crippen molar-refractivity contribution in [1.82, 2.24) is 4.98 Å². The van der Waals surface area contributed by atoms with Crippen LogP contribution in [-0.4, -0.2) is 12.0 Å². The summed E-state index contributed by atoms with van der Waals surface area (Å²) >= 11 is 5.65. The number of aromatic nitrogens is 1. The molecule has 4 heteroatoms. The van der Waals surface area contributed by atoms with Crippen LogP contribution < -0.4 is 10.9 Å². The summed E-state index contributed by atoms with van der Waals surface area (Å²) in [6, 6.07) is 11.5. The van der Waals surface area contributed by atoms with Gasteiger partial charge in [0.15, 0.2) is 0 Å². The number of alkyl halides is 1. The zero-order valence-electron chi connectivity index (χ0n) is 9.46. The lowest BCUT2D eigenvalue weighted by atomic mass is 10.1. The molecule has 3 nitrogen and oxygen atoms in total. The van der Waals surface area contributed by atoms with Gasteiger partial charge in [0.05, 0.1) is 5.88 Å². The highest BCUT2D eigenvalue weighted by atomic mass is 35.5. The molecule has 2 rings (SSSR count). The summed E-state index contributed by atoms with van der Waals surface area (Å²) in [5.74, 6) is 0.228. The Morgan fingerprint density at radius 1 is 1.29 bits per heavy atom. The monoisotopic (exact) mass is 248 g/mol. The Balaban J connectivity index is 2.46. The largest absolute Gasteiger partial charge is 0.388 e. The fraction of sp³-hybridized carbons (Fsp3) is 0.154. The van der Waals surface area contributed by atoms with Gasteiger partial charge in [-0.1, -0.05) is 18.2 Å². The molecule has 2 aromatic rings. The minimum atomic E-state index is -0.132. The molecule has 0 saturated heterocycles. The summed E-state index contributed by atoms with van der Waals surface area (Å²) in [6.45, 7) is 0. The number of pyridine rings is 1. The van der Waals surface area contributed by atoms with Crippen molar-refractivity contribution in [2.45, 2.75) is 5.88 Å². The summed E-state index contributed by atoms with van der Waals surface area (Å²) in [4.78, 5) is 14.5. The molecule has 1 aromatic carbocycles. The third-order valence-corrected chi connectivity index (χ3v) is 2.89. The summed E-state index contributed by atoms with van der Waals surface area (Å²) in [5, 5.41) is 3.06. The third kappa shape index (κ3) is 2.50. The Labute approximate surface area is 104 Å². The van der Waals surface area contributed by atoms with Crippen LogP contribution in [0.25, 0.3) is 11.3 Å². The number of nitrogens with one attached hydrogen (secondary N) is 2. The molecule has 0 bridgehead atoms. The quantitative estimate of drug-likeness (QED) is 0.821. The third-order valence-electron chi connectivity index (χ3n) is 2.60. The Morgan fingerprint density at radius 2 is 2.12 bits per heavy atom. The number of benzene rings is 1. The van der Waals surface area contributed by atoms with E-state index in [-0.39, 0.29) is 11.4 Å². The Morgan fingerprint density at radius 3 is 2.76 bits per heavy atom. The second-order valence-electron chi connectivity index (χ2n) is 3.69. The van der Waals surface area contributed by atoms with Crippen LogP contribution in [0, 0.1) is 0 Å². The highest BCUT2D eigenvalue weighted by Crippen LogP contribution is 2.19. The molecular formula is C13H13ClN2O. The smallest absolute Gasteiger partial charge is 0.252 e. The summed E-state index contributed by atoms with van der Waals surface area (Å²) < 4.78 is 0. The van der Waals surface area contributed by atoms with E-state index in [9.17, 15) is 4.79 Å². The number of hydrogen-bond donors (Lipinski definition) is 2. The zero-order valence-corrected chi connectivity index (χ0v) is 10.2. The Hall–Kier alpha value is -1.74. The molecule has 0 aliphatic heterocycles. The molecule has 0 radical (unpaired) electrons. The van der Waals surface area contributed by atoms with Crippen molar-refractivity contribution in [3.8, 4) is 11.3 Å². The summed E-state index contributed by atoms with van der Waals surface area (Å²) in [6.07, 6.45) is 0. The number of hydrogen-bond acceptors (Lipinski definition) is 2. The van der Waals surface area contributed by atoms with E-state index in [1.54, 1.807) is 6.07 Å². The SMILES string of the molecule is CNc1cccc(-c2ccc(CCl)c(=O)[nH]2)c1. The molecule has 0 aliphatic rings. The molecule has 0 saturated carbocycles. The molecule has 1 aromatic heterocycles. The lowest BCUT2D eigenvalue weighted by Crippen LogP contribution is -2.11. The number of anilines is 1. The number of rotatable bonds is 3. The summed E-state index contributed by atoms with van der Waals surface area (Å²) in [5.41, 5.74) is 3.22. The van der Waals surface area contributed by atoms with E-state index in [1.165, 1.54) is 0 Å². The second kappa shape index (κ2) is 5.06. The normalized spacial score (nSPS) is 10.2. The predicted molar refractivity (Wildman–Crippen MR) is 71.6 cm³/mol. The first-order valence-corrected chi connectivity index (χ1v) is 5.84. The summed E-state index contributed by atoms with van der Waals surface area (Å²) in [7, 11) is 1.86. The average molecular weight is 249 g/mol. The number of aromatic amines is 1. The van der Waals surface area contributed by atoms with Gasteiger partial charge < -0.3 is 10.3 Å². The van der Waals surface area contributed by atoms with Gasteiger partial charge in [-0.3, -0.25) is 4.79 Å². The molecule has 17 heavy (non-hydrogen) atoms. The van der Waals surface area contributed by atoms with Gasteiger partial charge in [-0.05, 0) is 18.2 Å². The van der Waals surface area contributed by atoms with E-state index in [1.807, 2.05) is 37.4 Å². The molecular weight excluding hydrogens is 236 g/mol. The van der Waals surface area contributed by atoms with Crippen LogP contribution in [0.15, 0.2) is 41.2 Å². The first-order valence-electron chi connectivity index (χ1n) is 5.31. The number of H-pyrrole nitrogens is 1. The fourth-order valence-electron chi connectivity index (χ4n) is 1.62. The van der Waals surface area contributed by atoms with Crippen LogP contribution in [0.1, 0.15) is 5.56 Å². The van der Waals surface area contributed by atoms with E-state index in [2.05, 4.69) is 10.3 Å². The first-order chi connectivity index (χ1) is 8.24. The fourth-order valence-corrected chi connectivity index (χ4v) is 1.83. The maximum atomic E-state index is 11.6. The van der Waals surface area contributed by atoms with Crippen molar-refractivity contribution in [2.24, 2.45) is 0 Å². The van der Waals surface area contributed by atoms with Gasteiger partial charge in [0.2, 0.25) is 0 Å². The van der Waals surface area contributed by atoms with E-state index in [0.29, 0.717) is 5.56 Å². The van der Waals surface area contributed by atoms with Crippen LogP contribution in [-0.2, 0) is 5.88 Å². The lowest BCUT2D eigenvalue weighted by molar-refractivity contribution is 1.17. The molecule has 0 aliphatic carbocycles. The Kier molecular flexibility index (Phi) is 3.49. The van der Waals surface area contributed by atoms with Crippen molar-refractivity contribution >= 4 is 17.3 Å². The predicted octanol–water partition coefficient (Wildman–Crippen LogP) is 2.82. The van der Waals surface area contributed by atoms with Gasteiger partial charge in [0.1, 0.15) is 0 Å². The van der Waals surface area contributed by atoms with Crippen LogP contribution in [0.2, 0.25) is 0 Å². The van der Waals surface area contributed by atoms with Crippen LogP contribution in [0.4, 0.5) is 5.69 Å². The second-order valence-corrected chi connectivity index (χ2v) is 3.96. The van der Waals surface area contributed by atoms with Crippen molar-refractivity contribution < 1.29 is 0 Å². The van der Waals surface area contributed by atoms with Crippen molar-refractivity contribution in [1.29, 1.82) is 0 Å².